The van der Waals surface area contributed by atoms with Crippen LogP contribution in [0.1, 0.15) is 23.1 Å². The molecule has 4 rings (SSSR count). The second kappa shape index (κ2) is 10.3. The van der Waals surface area contributed by atoms with Crippen molar-refractivity contribution in [3.63, 3.8) is 0 Å². The smallest absolute Gasteiger partial charge is 0.384 e. The molecule has 0 saturated carbocycles. The topological polar surface area (TPSA) is 65.8 Å². The summed E-state index contributed by atoms with van der Waals surface area (Å²) in [4.78, 5) is 16.5. The van der Waals surface area contributed by atoms with Crippen molar-refractivity contribution in [1.29, 1.82) is 5.26 Å². The first-order valence-electron chi connectivity index (χ1n) is 11.5. The van der Waals surface area contributed by atoms with Gasteiger partial charge in [0.2, 0.25) is 5.91 Å². The highest BCUT2D eigenvalue weighted by Crippen LogP contribution is 2.45. The summed E-state index contributed by atoms with van der Waals surface area (Å²) in [6.07, 6.45) is -3.92. The predicted octanol–water partition coefficient (Wildman–Crippen LogP) is 4.10. The summed E-state index contributed by atoms with van der Waals surface area (Å²) in [7, 11) is 1.62. The van der Waals surface area contributed by atoms with Gasteiger partial charge in [0.15, 0.2) is 0 Å². The molecule has 2 heterocycles. The number of carbonyl (C=O) groups is 1. The third-order valence-corrected chi connectivity index (χ3v) is 7.05. The number of ether oxygens (including phenoxy) is 2. The molecule has 2 aromatic carbocycles. The van der Waals surface area contributed by atoms with Gasteiger partial charge in [0.05, 0.1) is 30.4 Å². The van der Waals surface area contributed by atoms with E-state index in [1.165, 1.54) is 6.07 Å². The van der Waals surface area contributed by atoms with Crippen LogP contribution in [-0.2, 0) is 27.1 Å². The molecular weight excluding hydrogens is 459 g/mol. The molecule has 0 aromatic heterocycles. The monoisotopic (exact) mass is 487 g/mol. The highest BCUT2D eigenvalue weighted by atomic mass is 19.4. The van der Waals surface area contributed by atoms with E-state index in [-0.39, 0.29) is 23.8 Å². The number of benzene rings is 2. The molecule has 2 aliphatic rings. The molecule has 6 nitrogen and oxygen atoms in total. The Balaban J connectivity index is 1.45. The summed E-state index contributed by atoms with van der Waals surface area (Å²) in [5.41, 5.74) is -0.171. The van der Waals surface area contributed by atoms with E-state index in [1.54, 1.807) is 24.1 Å². The maximum atomic E-state index is 13.5. The lowest BCUT2D eigenvalue weighted by Gasteiger charge is -2.43. The van der Waals surface area contributed by atoms with Gasteiger partial charge in [-0.15, -0.1) is 0 Å². The number of hydrogen-bond acceptors (Lipinski definition) is 5. The maximum Gasteiger partial charge on any atom is 0.417 e. The summed E-state index contributed by atoms with van der Waals surface area (Å²) >= 11 is 0. The lowest BCUT2D eigenvalue weighted by Crippen LogP contribution is -2.51. The molecule has 2 saturated heterocycles. The van der Waals surface area contributed by atoms with Crippen molar-refractivity contribution in [3.05, 3.63) is 65.2 Å². The zero-order valence-corrected chi connectivity index (χ0v) is 19.6. The first kappa shape index (κ1) is 25.0. The van der Waals surface area contributed by atoms with E-state index in [0.29, 0.717) is 51.5 Å². The molecule has 0 spiro atoms. The van der Waals surface area contributed by atoms with Crippen LogP contribution in [0.25, 0.3) is 0 Å². The second-order valence-corrected chi connectivity index (χ2v) is 9.28. The summed E-state index contributed by atoms with van der Waals surface area (Å²) in [5.74, 6) is -0.0533. The number of carbonyl (C=O) groups excluding carboxylic acids is 1. The van der Waals surface area contributed by atoms with Crippen LogP contribution in [0.2, 0.25) is 0 Å². The number of alkyl halides is 3. The minimum absolute atomic E-state index is 0.0207. The van der Waals surface area contributed by atoms with Gasteiger partial charge in [-0.1, -0.05) is 30.3 Å². The number of anilines is 1. The molecule has 0 aliphatic carbocycles. The van der Waals surface area contributed by atoms with Crippen molar-refractivity contribution >= 4 is 11.6 Å². The van der Waals surface area contributed by atoms with Crippen LogP contribution in [0, 0.1) is 22.7 Å². The molecule has 2 fully saturated rings. The second-order valence-electron chi connectivity index (χ2n) is 9.28. The highest BCUT2D eigenvalue weighted by molar-refractivity contribution is 5.77. The number of rotatable bonds is 7. The van der Waals surface area contributed by atoms with Crippen LogP contribution in [0.3, 0.4) is 0 Å². The van der Waals surface area contributed by atoms with Crippen molar-refractivity contribution < 1.29 is 27.4 Å². The van der Waals surface area contributed by atoms with Crippen molar-refractivity contribution in [3.8, 4) is 6.07 Å². The number of hydrogen-bond donors (Lipinski definition) is 0. The molecular formula is C26H28F3N3O3. The molecule has 9 heteroatoms. The number of nitriles is 1. The van der Waals surface area contributed by atoms with Gasteiger partial charge < -0.3 is 19.3 Å². The van der Waals surface area contributed by atoms with Crippen LogP contribution in [0.15, 0.2) is 48.5 Å². The molecule has 0 radical (unpaired) electrons. The van der Waals surface area contributed by atoms with E-state index < -0.39 is 17.3 Å². The SMILES string of the molecule is COCC12CCN(C(=O)COCc3ccccc3)CC1CN(c1ccc(C#N)c(C(F)(F)F)c1)C2. The van der Waals surface area contributed by atoms with Crippen LogP contribution < -0.4 is 4.90 Å². The van der Waals surface area contributed by atoms with Crippen molar-refractivity contribution in [1.82, 2.24) is 4.90 Å². The van der Waals surface area contributed by atoms with Gasteiger partial charge >= 0.3 is 6.18 Å². The van der Waals surface area contributed by atoms with Gasteiger partial charge in [-0.05, 0) is 30.2 Å². The van der Waals surface area contributed by atoms with E-state index in [4.69, 9.17) is 14.7 Å². The zero-order chi connectivity index (χ0) is 25.1. The summed E-state index contributed by atoms with van der Waals surface area (Å²) < 4.78 is 51.6. The van der Waals surface area contributed by atoms with Gasteiger partial charge in [0.1, 0.15) is 6.61 Å². The Kier molecular flexibility index (Phi) is 7.33. The fraction of sp³-hybridized carbons (Fsp3) is 0.462. The molecule has 2 atom stereocenters. The number of halogens is 3. The quantitative estimate of drug-likeness (QED) is 0.589. The van der Waals surface area contributed by atoms with E-state index in [0.717, 1.165) is 11.6 Å². The third kappa shape index (κ3) is 5.44. The van der Waals surface area contributed by atoms with Crippen LogP contribution >= 0.6 is 0 Å². The largest absolute Gasteiger partial charge is 0.417 e. The van der Waals surface area contributed by atoms with Gasteiger partial charge in [-0.2, -0.15) is 18.4 Å². The van der Waals surface area contributed by atoms with Gasteiger partial charge in [0.25, 0.3) is 0 Å². The Morgan fingerprint density at radius 3 is 2.66 bits per heavy atom. The van der Waals surface area contributed by atoms with Crippen LogP contribution in [0.5, 0.6) is 0 Å². The molecule has 1 amide bonds. The Hall–Kier alpha value is -3.09. The number of nitrogens with zero attached hydrogens (tertiary/aromatic N) is 3. The summed E-state index contributed by atoms with van der Waals surface area (Å²) in [6, 6.07) is 15.1. The minimum atomic E-state index is -4.61. The van der Waals surface area contributed by atoms with Crippen LogP contribution in [0.4, 0.5) is 18.9 Å². The standard InChI is InChI=1S/C26H28F3N3O3/c1-34-18-25-9-10-31(24(33)16-35-15-19-5-3-2-4-6-19)13-21(25)14-32(17-25)22-8-7-20(12-30)23(11-22)26(27,28)29/h2-8,11,21H,9-10,13-18H2,1H3. The molecule has 35 heavy (non-hydrogen) atoms. The summed E-state index contributed by atoms with van der Waals surface area (Å²) in [6.45, 7) is 2.86. The van der Waals surface area contributed by atoms with Crippen molar-refractivity contribution in [2.75, 3.05) is 51.4 Å². The molecule has 186 valence electrons. The zero-order valence-electron chi connectivity index (χ0n) is 19.6. The molecule has 2 aliphatic heterocycles. The number of methoxy groups -OCH3 is 1. The average Bonchev–Trinajstić information content (AvgIpc) is 3.22. The summed E-state index contributed by atoms with van der Waals surface area (Å²) in [5, 5.41) is 9.10. The van der Waals surface area contributed by atoms with Crippen LogP contribution in [-0.4, -0.2) is 57.3 Å². The van der Waals surface area contributed by atoms with E-state index >= 15 is 0 Å². The van der Waals surface area contributed by atoms with E-state index in [2.05, 4.69) is 0 Å². The fourth-order valence-corrected chi connectivity index (χ4v) is 5.21. The number of likely N-dealkylation sites (tertiary alicyclic amines) is 1. The number of piperidine rings is 1. The van der Waals surface area contributed by atoms with Gasteiger partial charge in [-0.25, -0.2) is 0 Å². The van der Waals surface area contributed by atoms with Crippen molar-refractivity contribution in [2.45, 2.75) is 19.2 Å². The molecule has 2 unspecified atom stereocenters. The molecule has 0 bridgehead atoms. The average molecular weight is 488 g/mol. The normalized spacial score (nSPS) is 22.1. The first-order chi connectivity index (χ1) is 16.8. The Labute approximate surface area is 202 Å². The van der Waals surface area contributed by atoms with Crippen molar-refractivity contribution in [2.24, 2.45) is 11.3 Å². The molecule has 0 N–H and O–H groups in total. The lowest BCUT2D eigenvalue weighted by molar-refractivity contribution is -0.141. The Morgan fingerprint density at radius 1 is 1.20 bits per heavy atom. The number of amides is 1. The van der Waals surface area contributed by atoms with E-state index in [9.17, 15) is 18.0 Å². The highest BCUT2D eigenvalue weighted by Gasteiger charge is 2.50. The third-order valence-electron chi connectivity index (χ3n) is 7.05. The Morgan fingerprint density at radius 2 is 1.97 bits per heavy atom. The van der Waals surface area contributed by atoms with E-state index in [1.807, 2.05) is 35.2 Å². The lowest BCUT2D eigenvalue weighted by atomic mass is 9.73. The maximum absolute atomic E-state index is 13.5. The number of fused-ring (bicyclic) bond motifs is 1. The minimum Gasteiger partial charge on any atom is -0.384 e. The predicted molar refractivity (Wildman–Crippen MR) is 123 cm³/mol. The van der Waals surface area contributed by atoms with Gasteiger partial charge in [0, 0.05) is 50.3 Å². The molecule has 2 aromatic rings. The Bertz CT molecular complexity index is 1090. The first-order valence-corrected chi connectivity index (χ1v) is 11.5. The van der Waals surface area contributed by atoms with Gasteiger partial charge in [-0.3, -0.25) is 4.79 Å². The fourth-order valence-electron chi connectivity index (χ4n) is 5.21.